The minimum absolute atomic E-state index is 0.121. The van der Waals surface area contributed by atoms with E-state index >= 15 is 0 Å². The highest BCUT2D eigenvalue weighted by molar-refractivity contribution is 7.81. The van der Waals surface area contributed by atoms with Crippen LogP contribution in [-0.2, 0) is 9.53 Å². The van der Waals surface area contributed by atoms with E-state index in [1.165, 1.54) is 17.0 Å². The predicted molar refractivity (Wildman–Crippen MR) is 108 cm³/mol. The molecule has 2 aliphatic heterocycles. The van der Waals surface area contributed by atoms with Crippen molar-refractivity contribution >= 4 is 40.3 Å². The van der Waals surface area contributed by atoms with Gasteiger partial charge in [-0.1, -0.05) is 0 Å². The summed E-state index contributed by atoms with van der Waals surface area (Å²) in [4.78, 5) is 18.4. The molecular weight excluding hydrogens is 365 g/mol. The first kappa shape index (κ1) is 17.9. The summed E-state index contributed by atoms with van der Waals surface area (Å²) in [5.74, 6) is -0.469. The van der Waals surface area contributed by atoms with Crippen LogP contribution in [0.25, 0.3) is 0 Å². The predicted octanol–water partition coefficient (Wildman–Crippen LogP) is 3.19. The average Bonchev–Trinajstić information content (AvgIpc) is 2.92. The molecule has 7 heteroatoms. The topological polar surface area (TPSA) is 36.0 Å². The first-order valence-electron chi connectivity index (χ1n) is 8.92. The summed E-state index contributed by atoms with van der Waals surface area (Å²) in [6.07, 6.45) is 0. The second-order valence-electron chi connectivity index (χ2n) is 6.59. The second-order valence-corrected chi connectivity index (χ2v) is 6.96. The van der Waals surface area contributed by atoms with Crippen LogP contribution < -0.4 is 14.7 Å². The van der Waals surface area contributed by atoms with E-state index in [0.29, 0.717) is 10.8 Å². The maximum Gasteiger partial charge on any atom is 0.256 e. The highest BCUT2D eigenvalue weighted by atomic mass is 32.1. The normalized spacial score (nSPS) is 20.5. The van der Waals surface area contributed by atoms with Gasteiger partial charge in [-0.05, 0) is 67.7 Å². The van der Waals surface area contributed by atoms with Gasteiger partial charge in [0.2, 0.25) is 0 Å². The molecule has 0 N–H and O–H groups in total. The number of carbonyl (C=O) groups excluding carboxylic acids is 1. The summed E-state index contributed by atoms with van der Waals surface area (Å²) >= 11 is 5.58. The van der Waals surface area contributed by atoms with Crippen molar-refractivity contribution in [2.24, 2.45) is 0 Å². The average molecular weight is 385 g/mol. The molecule has 5 nitrogen and oxygen atoms in total. The zero-order valence-corrected chi connectivity index (χ0v) is 15.8. The van der Waals surface area contributed by atoms with Gasteiger partial charge in [0.25, 0.3) is 5.91 Å². The molecule has 0 radical (unpaired) electrons. The summed E-state index contributed by atoms with van der Waals surface area (Å²) < 4.78 is 18.6. The summed E-state index contributed by atoms with van der Waals surface area (Å²) in [6.45, 7) is 5.03. The summed E-state index contributed by atoms with van der Waals surface area (Å²) in [5, 5.41) is 0.401. The Kier molecular flexibility index (Phi) is 4.80. The highest BCUT2D eigenvalue weighted by Crippen LogP contribution is 2.31. The van der Waals surface area contributed by atoms with Crippen molar-refractivity contribution in [1.82, 2.24) is 0 Å². The van der Waals surface area contributed by atoms with E-state index < -0.39 is 6.04 Å². The number of thiocarbonyl (C=S) groups is 1. The molecule has 27 heavy (non-hydrogen) atoms. The molecule has 2 saturated heterocycles. The van der Waals surface area contributed by atoms with Gasteiger partial charge in [-0.15, -0.1) is 0 Å². The lowest BCUT2D eigenvalue weighted by atomic mass is 10.2. The third-order valence-electron chi connectivity index (χ3n) is 4.95. The molecule has 2 aromatic carbocycles. The summed E-state index contributed by atoms with van der Waals surface area (Å²) in [6, 6.07) is 13.4. The maximum atomic E-state index is 13.2. The molecule has 140 valence electrons. The fourth-order valence-corrected chi connectivity index (χ4v) is 3.93. The number of rotatable bonds is 3. The maximum absolute atomic E-state index is 13.2. The molecular formula is C20H20FN3O2S. The van der Waals surface area contributed by atoms with Gasteiger partial charge >= 0.3 is 0 Å². The van der Waals surface area contributed by atoms with Gasteiger partial charge in [0, 0.05) is 24.5 Å². The van der Waals surface area contributed by atoms with Crippen LogP contribution in [0, 0.1) is 5.82 Å². The van der Waals surface area contributed by atoms with Crippen LogP contribution in [0.1, 0.15) is 6.92 Å². The Hall–Kier alpha value is -2.51. The largest absolute Gasteiger partial charge is 0.378 e. The van der Waals surface area contributed by atoms with Crippen LogP contribution in [-0.4, -0.2) is 43.4 Å². The number of benzene rings is 2. The van der Waals surface area contributed by atoms with Crippen molar-refractivity contribution in [1.29, 1.82) is 0 Å². The Morgan fingerprint density at radius 3 is 2.15 bits per heavy atom. The van der Waals surface area contributed by atoms with E-state index in [1.807, 2.05) is 36.1 Å². The molecule has 2 heterocycles. The van der Waals surface area contributed by atoms with E-state index in [-0.39, 0.29) is 11.7 Å². The number of carbonyl (C=O) groups is 1. The first-order chi connectivity index (χ1) is 13.1. The van der Waals surface area contributed by atoms with Gasteiger partial charge in [-0.2, -0.15) is 0 Å². The Balaban J connectivity index is 1.58. The molecule has 1 unspecified atom stereocenters. The standard InChI is InChI=1S/C20H20FN3O2S/c1-14-19(25)24(18-4-2-15(21)3-5-18)20(27)23(14)17-8-6-16(7-9-17)22-10-12-26-13-11-22/h2-9,14H,10-13H2,1H3. The molecule has 0 aliphatic carbocycles. The molecule has 1 amide bonds. The SMILES string of the molecule is CC1C(=O)N(c2ccc(F)cc2)C(=S)N1c1ccc(N2CCOCC2)cc1. The zero-order valence-electron chi connectivity index (χ0n) is 15.0. The number of ether oxygens (including phenoxy) is 1. The number of morpholine rings is 1. The molecule has 2 fully saturated rings. The smallest absolute Gasteiger partial charge is 0.256 e. The number of halogens is 1. The lowest BCUT2D eigenvalue weighted by Crippen LogP contribution is -2.36. The summed E-state index contributed by atoms with van der Waals surface area (Å²) in [7, 11) is 0. The van der Waals surface area contributed by atoms with Gasteiger partial charge in [0.1, 0.15) is 11.9 Å². The van der Waals surface area contributed by atoms with Gasteiger partial charge in [0.05, 0.1) is 18.9 Å². The molecule has 1 atom stereocenters. The number of hydrogen-bond donors (Lipinski definition) is 0. The minimum atomic E-state index is -0.420. The van der Waals surface area contributed by atoms with Crippen molar-refractivity contribution in [3.63, 3.8) is 0 Å². The van der Waals surface area contributed by atoms with Crippen molar-refractivity contribution in [3.8, 4) is 0 Å². The number of amides is 1. The molecule has 2 aromatic rings. The quantitative estimate of drug-likeness (QED) is 0.759. The van der Waals surface area contributed by atoms with Crippen LogP contribution in [0.15, 0.2) is 48.5 Å². The van der Waals surface area contributed by atoms with E-state index in [1.54, 1.807) is 12.1 Å². The highest BCUT2D eigenvalue weighted by Gasteiger charge is 2.41. The molecule has 0 spiro atoms. The molecule has 0 saturated carbocycles. The van der Waals surface area contributed by atoms with E-state index in [4.69, 9.17) is 17.0 Å². The van der Waals surface area contributed by atoms with E-state index in [0.717, 1.165) is 37.7 Å². The van der Waals surface area contributed by atoms with Crippen molar-refractivity contribution < 1.29 is 13.9 Å². The van der Waals surface area contributed by atoms with Crippen LogP contribution in [0.4, 0.5) is 21.5 Å². The van der Waals surface area contributed by atoms with E-state index in [2.05, 4.69) is 4.90 Å². The van der Waals surface area contributed by atoms with Crippen molar-refractivity contribution in [3.05, 3.63) is 54.3 Å². The fraction of sp³-hybridized carbons (Fsp3) is 0.300. The van der Waals surface area contributed by atoms with Crippen molar-refractivity contribution in [2.75, 3.05) is 41.0 Å². The Morgan fingerprint density at radius 2 is 1.52 bits per heavy atom. The van der Waals surface area contributed by atoms with Crippen LogP contribution >= 0.6 is 12.2 Å². The fourth-order valence-electron chi connectivity index (χ4n) is 3.47. The minimum Gasteiger partial charge on any atom is -0.378 e. The van der Waals surface area contributed by atoms with Gasteiger partial charge in [0.15, 0.2) is 5.11 Å². The lowest BCUT2D eigenvalue weighted by molar-refractivity contribution is -0.117. The Labute approximate surface area is 162 Å². The number of anilines is 3. The van der Waals surface area contributed by atoms with Gasteiger partial charge in [-0.25, -0.2) is 4.39 Å². The van der Waals surface area contributed by atoms with Crippen LogP contribution in [0.5, 0.6) is 0 Å². The second kappa shape index (κ2) is 7.25. The Bertz CT molecular complexity index is 851. The zero-order chi connectivity index (χ0) is 19.0. The first-order valence-corrected chi connectivity index (χ1v) is 9.32. The lowest BCUT2D eigenvalue weighted by Gasteiger charge is -2.29. The van der Waals surface area contributed by atoms with E-state index in [9.17, 15) is 9.18 Å². The number of hydrogen-bond acceptors (Lipinski definition) is 4. The van der Waals surface area contributed by atoms with Crippen LogP contribution in [0.2, 0.25) is 0 Å². The van der Waals surface area contributed by atoms with Gasteiger partial charge < -0.3 is 14.5 Å². The molecule has 2 aliphatic rings. The molecule has 4 rings (SSSR count). The monoisotopic (exact) mass is 385 g/mol. The third kappa shape index (κ3) is 3.28. The summed E-state index contributed by atoms with van der Waals surface area (Å²) in [5.41, 5.74) is 2.56. The Morgan fingerprint density at radius 1 is 0.963 bits per heavy atom. The van der Waals surface area contributed by atoms with Crippen molar-refractivity contribution in [2.45, 2.75) is 13.0 Å². The molecule has 0 aromatic heterocycles. The number of nitrogens with zero attached hydrogens (tertiary/aromatic N) is 3. The third-order valence-corrected chi connectivity index (χ3v) is 5.33. The molecule has 0 bridgehead atoms. The van der Waals surface area contributed by atoms with Crippen LogP contribution in [0.3, 0.4) is 0 Å². The van der Waals surface area contributed by atoms with Gasteiger partial charge in [-0.3, -0.25) is 9.69 Å².